The molecule has 0 spiro atoms. The van der Waals surface area contributed by atoms with Crippen LogP contribution in [-0.2, 0) is 0 Å². The number of hydrogen-bond donors (Lipinski definition) is 2. The lowest BCUT2D eigenvalue weighted by molar-refractivity contribution is 0.426. The SMILES string of the molecule is OB(O)c1ccc2c(c1)N(c1ccccc1)c1cccc3c4ccccc4n-2c13. The minimum absolute atomic E-state index is 0.469. The minimum atomic E-state index is -1.52. The molecule has 138 valence electrons. The number of nitrogens with zero attached hydrogens (tertiary/aromatic N) is 2. The molecule has 0 saturated carbocycles. The Balaban J connectivity index is 1.81. The normalized spacial score (nSPS) is 12.4. The van der Waals surface area contributed by atoms with Crippen LogP contribution < -0.4 is 10.4 Å². The molecule has 6 rings (SSSR count). The van der Waals surface area contributed by atoms with Gasteiger partial charge in [0.1, 0.15) is 0 Å². The van der Waals surface area contributed by atoms with Crippen molar-refractivity contribution in [1.29, 1.82) is 0 Å². The van der Waals surface area contributed by atoms with E-state index < -0.39 is 7.12 Å². The molecule has 1 aliphatic rings. The third-order valence-corrected chi connectivity index (χ3v) is 5.71. The van der Waals surface area contributed by atoms with Crippen LogP contribution >= 0.6 is 0 Å². The minimum Gasteiger partial charge on any atom is -0.423 e. The van der Waals surface area contributed by atoms with E-state index in [0.29, 0.717) is 5.46 Å². The van der Waals surface area contributed by atoms with Gasteiger partial charge in [-0.3, -0.25) is 0 Å². The van der Waals surface area contributed by atoms with Crippen LogP contribution in [0.2, 0.25) is 0 Å². The zero-order valence-corrected chi connectivity index (χ0v) is 15.5. The Morgan fingerprint density at radius 1 is 0.621 bits per heavy atom. The molecule has 0 atom stereocenters. The summed E-state index contributed by atoms with van der Waals surface area (Å²) in [6, 6.07) is 30.6. The molecule has 29 heavy (non-hydrogen) atoms. The third-order valence-electron chi connectivity index (χ3n) is 5.71. The number of benzene rings is 4. The number of anilines is 3. The first kappa shape index (κ1) is 16.4. The highest BCUT2D eigenvalue weighted by Crippen LogP contribution is 2.48. The van der Waals surface area contributed by atoms with Gasteiger partial charge in [-0.05, 0) is 41.9 Å². The van der Waals surface area contributed by atoms with Crippen molar-refractivity contribution < 1.29 is 10.0 Å². The van der Waals surface area contributed by atoms with Crippen LogP contribution in [0.25, 0.3) is 27.5 Å². The molecule has 2 N–H and O–H groups in total. The Labute approximate surface area is 168 Å². The molecule has 4 aromatic carbocycles. The fourth-order valence-corrected chi connectivity index (χ4v) is 4.49. The predicted molar refractivity (Wildman–Crippen MR) is 119 cm³/mol. The average Bonchev–Trinajstić information content (AvgIpc) is 3.10. The summed E-state index contributed by atoms with van der Waals surface area (Å²) in [4.78, 5) is 2.20. The van der Waals surface area contributed by atoms with Crippen molar-refractivity contribution in [2.24, 2.45) is 0 Å². The molecule has 0 fully saturated rings. The van der Waals surface area contributed by atoms with Crippen LogP contribution in [0.15, 0.2) is 91.0 Å². The highest BCUT2D eigenvalue weighted by molar-refractivity contribution is 6.58. The van der Waals surface area contributed by atoms with Gasteiger partial charge in [0.15, 0.2) is 0 Å². The molecule has 0 saturated heterocycles. The van der Waals surface area contributed by atoms with Crippen LogP contribution in [0.1, 0.15) is 0 Å². The number of fused-ring (bicyclic) bond motifs is 5. The summed E-state index contributed by atoms with van der Waals surface area (Å²) in [5.74, 6) is 0. The summed E-state index contributed by atoms with van der Waals surface area (Å²) in [5.41, 5.74) is 6.80. The van der Waals surface area contributed by atoms with Crippen molar-refractivity contribution in [3.63, 3.8) is 0 Å². The molecule has 2 heterocycles. The largest absolute Gasteiger partial charge is 0.488 e. The quantitative estimate of drug-likeness (QED) is 0.445. The molecule has 5 heteroatoms. The maximum atomic E-state index is 9.79. The van der Waals surface area contributed by atoms with Gasteiger partial charge in [-0.1, -0.05) is 54.6 Å². The summed E-state index contributed by atoms with van der Waals surface area (Å²) < 4.78 is 2.28. The Morgan fingerprint density at radius 3 is 2.21 bits per heavy atom. The van der Waals surface area contributed by atoms with E-state index in [1.807, 2.05) is 30.3 Å². The van der Waals surface area contributed by atoms with E-state index in [2.05, 4.69) is 64.1 Å². The molecule has 4 nitrogen and oxygen atoms in total. The fourth-order valence-electron chi connectivity index (χ4n) is 4.49. The molecule has 0 radical (unpaired) electrons. The first-order valence-corrected chi connectivity index (χ1v) is 9.62. The molecular formula is C24H17BN2O2. The van der Waals surface area contributed by atoms with Gasteiger partial charge in [0.25, 0.3) is 0 Å². The molecule has 5 aromatic rings. The summed E-state index contributed by atoms with van der Waals surface area (Å²) in [7, 11) is -1.52. The highest BCUT2D eigenvalue weighted by atomic mass is 16.4. The zero-order chi connectivity index (χ0) is 19.5. The van der Waals surface area contributed by atoms with E-state index in [4.69, 9.17) is 0 Å². The predicted octanol–water partition coefficient (Wildman–Crippen LogP) is 4.25. The lowest BCUT2D eigenvalue weighted by Gasteiger charge is -2.33. The summed E-state index contributed by atoms with van der Waals surface area (Å²) in [5, 5.41) is 22.0. The second-order valence-corrected chi connectivity index (χ2v) is 7.32. The van der Waals surface area contributed by atoms with E-state index in [-0.39, 0.29) is 0 Å². The van der Waals surface area contributed by atoms with Gasteiger partial charge in [-0.25, -0.2) is 0 Å². The van der Waals surface area contributed by atoms with Gasteiger partial charge in [-0.15, -0.1) is 0 Å². The number of rotatable bonds is 2. The Kier molecular flexibility index (Phi) is 3.39. The lowest BCUT2D eigenvalue weighted by atomic mass is 9.79. The number of para-hydroxylation sites is 3. The van der Waals surface area contributed by atoms with Crippen molar-refractivity contribution in [3.8, 4) is 5.69 Å². The Hall–Kier alpha value is -3.54. The van der Waals surface area contributed by atoms with Crippen molar-refractivity contribution in [3.05, 3.63) is 91.0 Å². The van der Waals surface area contributed by atoms with Crippen LogP contribution in [0, 0.1) is 0 Å². The van der Waals surface area contributed by atoms with Crippen LogP contribution in [0.4, 0.5) is 17.1 Å². The molecule has 0 unspecified atom stereocenters. The van der Waals surface area contributed by atoms with Gasteiger partial charge in [0.2, 0.25) is 0 Å². The maximum absolute atomic E-state index is 9.79. The van der Waals surface area contributed by atoms with Gasteiger partial charge < -0.3 is 19.5 Å². The maximum Gasteiger partial charge on any atom is 0.488 e. The number of aromatic nitrogens is 1. The smallest absolute Gasteiger partial charge is 0.423 e. The fraction of sp³-hybridized carbons (Fsp3) is 0. The van der Waals surface area contributed by atoms with Crippen molar-refractivity contribution in [2.45, 2.75) is 0 Å². The van der Waals surface area contributed by atoms with E-state index in [9.17, 15) is 10.0 Å². The molecule has 0 amide bonds. The zero-order valence-electron chi connectivity index (χ0n) is 15.5. The molecule has 0 aliphatic carbocycles. The lowest BCUT2D eigenvalue weighted by Crippen LogP contribution is -2.31. The first-order chi connectivity index (χ1) is 14.2. The number of hydrogen-bond acceptors (Lipinski definition) is 3. The topological polar surface area (TPSA) is 48.6 Å². The molecule has 0 bridgehead atoms. The van der Waals surface area contributed by atoms with Crippen LogP contribution in [0.5, 0.6) is 0 Å². The average molecular weight is 376 g/mol. The monoisotopic (exact) mass is 376 g/mol. The van der Waals surface area contributed by atoms with Gasteiger partial charge in [0.05, 0.1) is 28.1 Å². The van der Waals surface area contributed by atoms with E-state index >= 15 is 0 Å². The van der Waals surface area contributed by atoms with Gasteiger partial charge in [-0.2, -0.15) is 0 Å². The van der Waals surface area contributed by atoms with Crippen LogP contribution in [-0.4, -0.2) is 21.7 Å². The summed E-state index contributed by atoms with van der Waals surface area (Å²) >= 11 is 0. The van der Waals surface area contributed by atoms with Gasteiger partial charge >= 0.3 is 7.12 Å². The van der Waals surface area contributed by atoms with Crippen molar-refractivity contribution >= 4 is 51.4 Å². The summed E-state index contributed by atoms with van der Waals surface area (Å²) in [6.45, 7) is 0. The molecule has 1 aromatic heterocycles. The van der Waals surface area contributed by atoms with E-state index in [1.54, 1.807) is 6.07 Å². The highest BCUT2D eigenvalue weighted by Gasteiger charge is 2.29. The molecule has 1 aliphatic heterocycles. The Bertz CT molecular complexity index is 1390. The second-order valence-electron chi connectivity index (χ2n) is 7.32. The van der Waals surface area contributed by atoms with Gasteiger partial charge in [0, 0.05) is 16.5 Å². The van der Waals surface area contributed by atoms with Crippen molar-refractivity contribution in [2.75, 3.05) is 4.90 Å². The van der Waals surface area contributed by atoms with Crippen LogP contribution in [0.3, 0.4) is 0 Å². The van der Waals surface area contributed by atoms with E-state index in [0.717, 1.165) is 33.8 Å². The third kappa shape index (κ3) is 2.23. The molecular weight excluding hydrogens is 359 g/mol. The second kappa shape index (κ2) is 5.98. The first-order valence-electron chi connectivity index (χ1n) is 9.62. The summed E-state index contributed by atoms with van der Waals surface area (Å²) in [6.07, 6.45) is 0. The van der Waals surface area contributed by atoms with E-state index in [1.165, 1.54) is 10.8 Å². The Morgan fingerprint density at radius 2 is 1.38 bits per heavy atom. The van der Waals surface area contributed by atoms with Crippen molar-refractivity contribution in [1.82, 2.24) is 4.57 Å². The standard InChI is InChI=1S/C24H17BN2O2/c28-25(29)16-13-14-21-23(15-16)26(17-7-2-1-3-8-17)22-12-6-10-19-18-9-4-5-11-20(18)27(21)24(19)22/h1-15,28-29H.